The van der Waals surface area contributed by atoms with Gasteiger partial charge in [0.05, 0.1) is 29.2 Å². The van der Waals surface area contributed by atoms with E-state index in [9.17, 15) is 5.11 Å². The Morgan fingerprint density at radius 1 is 1.06 bits per heavy atom. The number of benzene rings is 2. The number of fused-ring (bicyclic) bond motifs is 2. The lowest BCUT2D eigenvalue weighted by atomic mass is 10.00. The second-order valence-corrected chi connectivity index (χ2v) is 8.28. The molecular formula is C25H27N5O. The number of aliphatic hydroxyl groups is 1. The first-order chi connectivity index (χ1) is 15.2. The van der Waals surface area contributed by atoms with Gasteiger partial charge in [0.1, 0.15) is 0 Å². The molecule has 5 rings (SSSR count). The van der Waals surface area contributed by atoms with Crippen LogP contribution in [0.1, 0.15) is 11.1 Å². The number of β-amino-alcohol motifs (C(OH)–C–C–N with tert-alkyl or cyclic N) is 1. The number of hydrogen-bond donors (Lipinski definition) is 2. The Kier molecular flexibility index (Phi) is 5.40. The third kappa shape index (κ3) is 4.31. The highest BCUT2D eigenvalue weighted by atomic mass is 16.3. The largest absolute Gasteiger partial charge is 0.390 e. The molecule has 2 N–H and O–H groups in total. The van der Waals surface area contributed by atoms with E-state index in [1.165, 1.54) is 11.1 Å². The number of imidazole rings is 1. The number of nitrogens with zero attached hydrogens (tertiary/aromatic N) is 4. The van der Waals surface area contributed by atoms with Crippen LogP contribution >= 0.6 is 0 Å². The lowest BCUT2D eigenvalue weighted by molar-refractivity contribution is 0.114. The van der Waals surface area contributed by atoms with Crippen molar-refractivity contribution < 1.29 is 5.11 Å². The first-order valence-corrected chi connectivity index (χ1v) is 10.7. The Morgan fingerprint density at radius 2 is 1.94 bits per heavy atom. The molecule has 31 heavy (non-hydrogen) atoms. The molecule has 2 aromatic heterocycles. The first kappa shape index (κ1) is 19.7. The van der Waals surface area contributed by atoms with E-state index in [-0.39, 0.29) is 0 Å². The fourth-order valence-electron chi connectivity index (χ4n) is 4.29. The van der Waals surface area contributed by atoms with Crippen LogP contribution in [0.4, 0.5) is 5.69 Å². The number of nitrogens with one attached hydrogen (secondary N) is 1. The SMILES string of the molecule is Cn1cnc2ccc(-c3cc(NCC(O)CN4CCc5ccccc5C4)ccn3)cc21. The van der Waals surface area contributed by atoms with Crippen molar-refractivity contribution in [2.45, 2.75) is 19.1 Å². The van der Waals surface area contributed by atoms with Crippen LogP contribution in [0.3, 0.4) is 0 Å². The van der Waals surface area contributed by atoms with Gasteiger partial charge in [-0.15, -0.1) is 0 Å². The molecule has 1 aliphatic rings. The van der Waals surface area contributed by atoms with E-state index in [1.807, 2.05) is 42.2 Å². The summed E-state index contributed by atoms with van der Waals surface area (Å²) < 4.78 is 2.01. The topological polar surface area (TPSA) is 66.2 Å². The molecule has 0 saturated heterocycles. The molecule has 1 atom stereocenters. The fraction of sp³-hybridized carbons (Fsp3) is 0.280. The molecule has 0 fully saturated rings. The van der Waals surface area contributed by atoms with Crippen LogP contribution in [0.15, 0.2) is 67.1 Å². The van der Waals surface area contributed by atoms with Crippen LogP contribution in [-0.2, 0) is 20.0 Å². The minimum absolute atomic E-state index is 0.437. The highest BCUT2D eigenvalue weighted by Crippen LogP contribution is 2.24. The van der Waals surface area contributed by atoms with Crippen molar-refractivity contribution in [3.8, 4) is 11.3 Å². The smallest absolute Gasteiger partial charge is 0.0955 e. The maximum absolute atomic E-state index is 10.6. The van der Waals surface area contributed by atoms with Gasteiger partial charge in [0.2, 0.25) is 0 Å². The molecule has 1 aliphatic heterocycles. The zero-order valence-electron chi connectivity index (χ0n) is 17.7. The van der Waals surface area contributed by atoms with Gasteiger partial charge >= 0.3 is 0 Å². The Labute approximate surface area is 182 Å². The van der Waals surface area contributed by atoms with E-state index >= 15 is 0 Å². The second kappa shape index (κ2) is 8.49. The van der Waals surface area contributed by atoms with Gasteiger partial charge < -0.3 is 15.0 Å². The molecule has 0 radical (unpaired) electrons. The average molecular weight is 414 g/mol. The van der Waals surface area contributed by atoms with Crippen LogP contribution in [0.2, 0.25) is 0 Å². The molecule has 6 heteroatoms. The van der Waals surface area contributed by atoms with Crippen molar-refractivity contribution in [2.24, 2.45) is 7.05 Å². The molecule has 3 heterocycles. The number of pyridine rings is 1. The summed E-state index contributed by atoms with van der Waals surface area (Å²) in [6.07, 6.45) is 4.24. The van der Waals surface area contributed by atoms with Crippen molar-refractivity contribution in [1.82, 2.24) is 19.4 Å². The molecule has 2 aromatic carbocycles. The van der Waals surface area contributed by atoms with Crippen LogP contribution < -0.4 is 5.32 Å². The Morgan fingerprint density at radius 3 is 2.84 bits per heavy atom. The molecule has 0 spiro atoms. The van der Waals surface area contributed by atoms with Crippen LogP contribution in [0.25, 0.3) is 22.3 Å². The minimum Gasteiger partial charge on any atom is -0.390 e. The fourth-order valence-corrected chi connectivity index (χ4v) is 4.29. The number of aryl methyl sites for hydroxylation is 1. The highest BCUT2D eigenvalue weighted by Gasteiger charge is 2.18. The second-order valence-electron chi connectivity index (χ2n) is 8.28. The molecule has 0 bridgehead atoms. The normalized spacial score (nSPS) is 15.0. The third-order valence-corrected chi connectivity index (χ3v) is 6.00. The summed E-state index contributed by atoms with van der Waals surface area (Å²) in [7, 11) is 1.99. The highest BCUT2D eigenvalue weighted by molar-refractivity contribution is 5.81. The third-order valence-electron chi connectivity index (χ3n) is 6.00. The van der Waals surface area contributed by atoms with Gasteiger partial charge in [0.15, 0.2) is 0 Å². The van der Waals surface area contributed by atoms with Gasteiger partial charge in [0.25, 0.3) is 0 Å². The van der Waals surface area contributed by atoms with Gasteiger partial charge in [-0.2, -0.15) is 0 Å². The van der Waals surface area contributed by atoms with Gasteiger partial charge in [-0.3, -0.25) is 9.88 Å². The molecule has 0 saturated carbocycles. The Bertz CT molecular complexity index is 1200. The molecular weight excluding hydrogens is 386 g/mol. The molecule has 158 valence electrons. The first-order valence-electron chi connectivity index (χ1n) is 10.7. The summed E-state index contributed by atoms with van der Waals surface area (Å²) in [5, 5.41) is 14.0. The van der Waals surface area contributed by atoms with E-state index in [4.69, 9.17) is 0 Å². The van der Waals surface area contributed by atoms with E-state index in [2.05, 4.69) is 50.5 Å². The van der Waals surface area contributed by atoms with Crippen LogP contribution in [-0.4, -0.2) is 50.3 Å². The van der Waals surface area contributed by atoms with Gasteiger partial charge in [-0.05, 0) is 41.8 Å². The maximum atomic E-state index is 10.6. The van der Waals surface area contributed by atoms with Crippen molar-refractivity contribution in [1.29, 1.82) is 0 Å². The predicted octanol–water partition coefficient (Wildman–Crippen LogP) is 3.47. The van der Waals surface area contributed by atoms with Crippen molar-refractivity contribution in [3.05, 3.63) is 78.2 Å². The standard InChI is InChI=1S/C25H27N5O/c1-29-17-28-23-7-6-19(12-25(23)29)24-13-21(8-10-26-24)27-14-22(31)16-30-11-9-18-4-2-3-5-20(18)15-30/h2-8,10,12-13,17,22,31H,9,11,14-16H2,1H3,(H,26,27). The number of anilines is 1. The molecule has 0 amide bonds. The number of aliphatic hydroxyl groups excluding tert-OH is 1. The summed E-state index contributed by atoms with van der Waals surface area (Å²) in [5.74, 6) is 0. The van der Waals surface area contributed by atoms with E-state index < -0.39 is 6.10 Å². The van der Waals surface area contributed by atoms with Crippen molar-refractivity contribution in [3.63, 3.8) is 0 Å². The van der Waals surface area contributed by atoms with Gasteiger partial charge in [-0.25, -0.2) is 4.98 Å². The van der Waals surface area contributed by atoms with Gasteiger partial charge in [0, 0.05) is 50.7 Å². The van der Waals surface area contributed by atoms with E-state index in [0.717, 1.165) is 47.5 Å². The number of hydrogen-bond acceptors (Lipinski definition) is 5. The van der Waals surface area contributed by atoms with Crippen molar-refractivity contribution in [2.75, 3.05) is 25.0 Å². The Hall–Kier alpha value is -3.22. The summed E-state index contributed by atoms with van der Waals surface area (Å²) in [6.45, 7) is 3.06. The lowest BCUT2D eigenvalue weighted by Gasteiger charge is -2.30. The molecule has 4 aromatic rings. The summed E-state index contributed by atoms with van der Waals surface area (Å²) in [4.78, 5) is 11.2. The van der Waals surface area contributed by atoms with Crippen LogP contribution in [0.5, 0.6) is 0 Å². The maximum Gasteiger partial charge on any atom is 0.0955 e. The van der Waals surface area contributed by atoms with E-state index in [1.54, 1.807) is 6.20 Å². The quantitative estimate of drug-likeness (QED) is 0.507. The molecule has 0 aliphatic carbocycles. The summed E-state index contributed by atoms with van der Waals surface area (Å²) in [6, 6.07) is 18.7. The number of aromatic nitrogens is 3. The summed E-state index contributed by atoms with van der Waals surface area (Å²) in [5.41, 5.74) is 7.76. The minimum atomic E-state index is -0.437. The summed E-state index contributed by atoms with van der Waals surface area (Å²) >= 11 is 0. The molecule has 6 nitrogen and oxygen atoms in total. The monoisotopic (exact) mass is 413 g/mol. The lowest BCUT2D eigenvalue weighted by Crippen LogP contribution is -2.39. The zero-order chi connectivity index (χ0) is 21.2. The average Bonchev–Trinajstić information content (AvgIpc) is 3.18. The van der Waals surface area contributed by atoms with Gasteiger partial charge in [-0.1, -0.05) is 30.3 Å². The molecule has 1 unspecified atom stereocenters. The predicted molar refractivity (Wildman–Crippen MR) is 124 cm³/mol. The Balaban J connectivity index is 1.21. The van der Waals surface area contributed by atoms with Crippen molar-refractivity contribution >= 4 is 16.7 Å². The number of rotatable bonds is 6. The van der Waals surface area contributed by atoms with Crippen LogP contribution in [0, 0.1) is 0 Å². The zero-order valence-corrected chi connectivity index (χ0v) is 17.7. The van der Waals surface area contributed by atoms with E-state index in [0.29, 0.717) is 13.1 Å².